The molecule has 0 aromatic heterocycles. The quantitative estimate of drug-likeness (QED) is 0.681. The molecule has 4 N–H and O–H groups in total. The van der Waals surface area contributed by atoms with Crippen molar-refractivity contribution in [3.05, 3.63) is 35.9 Å². The first kappa shape index (κ1) is 13.6. The lowest BCUT2D eigenvalue weighted by Crippen LogP contribution is -2.40. The van der Waals surface area contributed by atoms with Gasteiger partial charge in [0.05, 0.1) is 5.75 Å². The number of hydrogen-bond acceptors (Lipinski definition) is 5. The summed E-state index contributed by atoms with van der Waals surface area (Å²) < 4.78 is 26.3. The van der Waals surface area contributed by atoms with Crippen LogP contribution in [-0.4, -0.2) is 26.2 Å². The summed E-state index contributed by atoms with van der Waals surface area (Å²) in [5.41, 5.74) is 6.13. The second-order valence-corrected chi connectivity index (χ2v) is 5.19. The molecule has 6 nitrogen and oxygen atoms in total. The van der Waals surface area contributed by atoms with E-state index in [1.165, 1.54) is 0 Å². The Labute approximate surface area is 99.6 Å². The molecule has 0 aliphatic rings. The molecule has 0 spiro atoms. The van der Waals surface area contributed by atoms with E-state index in [2.05, 4.69) is 0 Å². The zero-order valence-corrected chi connectivity index (χ0v) is 9.89. The van der Waals surface area contributed by atoms with Crippen molar-refractivity contribution in [2.75, 3.05) is 5.75 Å². The molecule has 0 fully saturated rings. The number of primary sulfonamides is 1. The van der Waals surface area contributed by atoms with E-state index >= 15 is 0 Å². The molecule has 0 bridgehead atoms. The third-order valence-corrected chi connectivity index (χ3v) is 2.76. The number of hydrogen-bond donors (Lipinski definition) is 2. The molecule has 0 aliphatic heterocycles. The van der Waals surface area contributed by atoms with E-state index in [0.29, 0.717) is 0 Å². The number of ether oxygens (including phenoxy) is 1. The molecule has 17 heavy (non-hydrogen) atoms. The van der Waals surface area contributed by atoms with Gasteiger partial charge in [-0.05, 0) is 5.56 Å². The average molecular weight is 258 g/mol. The van der Waals surface area contributed by atoms with Crippen LogP contribution in [-0.2, 0) is 26.2 Å². The molecule has 1 unspecified atom stereocenters. The van der Waals surface area contributed by atoms with E-state index in [9.17, 15) is 13.2 Å². The molecule has 0 saturated carbocycles. The number of nitrogens with two attached hydrogens (primary N) is 2. The highest BCUT2D eigenvalue weighted by molar-refractivity contribution is 7.89. The van der Waals surface area contributed by atoms with Crippen molar-refractivity contribution in [3.8, 4) is 0 Å². The lowest BCUT2D eigenvalue weighted by Gasteiger charge is -2.10. The molecule has 0 aliphatic carbocycles. The first-order chi connectivity index (χ1) is 7.88. The van der Waals surface area contributed by atoms with Gasteiger partial charge in [-0.25, -0.2) is 13.6 Å². The van der Waals surface area contributed by atoms with E-state index in [1.807, 2.05) is 6.07 Å². The Morgan fingerprint density at radius 1 is 1.29 bits per heavy atom. The van der Waals surface area contributed by atoms with Gasteiger partial charge in [-0.2, -0.15) is 0 Å². The normalized spacial score (nSPS) is 13.1. The Balaban J connectivity index is 2.45. The highest BCUT2D eigenvalue weighted by Crippen LogP contribution is 2.01. The molecule has 7 heteroatoms. The predicted octanol–water partition coefficient (Wildman–Crippen LogP) is -0.654. The number of carbonyl (C=O) groups is 1. The first-order valence-electron chi connectivity index (χ1n) is 4.85. The number of benzene rings is 1. The first-order valence-corrected chi connectivity index (χ1v) is 6.56. The van der Waals surface area contributed by atoms with Crippen LogP contribution in [0.1, 0.15) is 5.56 Å². The van der Waals surface area contributed by atoms with Crippen molar-refractivity contribution in [1.82, 2.24) is 0 Å². The fourth-order valence-electron chi connectivity index (χ4n) is 1.15. The van der Waals surface area contributed by atoms with Gasteiger partial charge in [0, 0.05) is 0 Å². The Kier molecular flexibility index (Phi) is 4.62. The highest BCUT2D eigenvalue weighted by atomic mass is 32.2. The third-order valence-electron chi connectivity index (χ3n) is 1.94. The second kappa shape index (κ2) is 5.76. The summed E-state index contributed by atoms with van der Waals surface area (Å²) in [5, 5.41) is 4.77. The minimum Gasteiger partial charge on any atom is -0.460 e. The molecule has 1 aromatic rings. The Morgan fingerprint density at radius 2 is 1.88 bits per heavy atom. The smallest absolute Gasteiger partial charge is 0.324 e. The van der Waals surface area contributed by atoms with Crippen LogP contribution in [0.5, 0.6) is 0 Å². The van der Waals surface area contributed by atoms with E-state index in [0.717, 1.165) is 5.56 Å². The van der Waals surface area contributed by atoms with Crippen LogP contribution >= 0.6 is 0 Å². The maximum absolute atomic E-state index is 11.3. The summed E-state index contributed by atoms with van der Waals surface area (Å²) >= 11 is 0. The molecule has 1 rings (SSSR count). The van der Waals surface area contributed by atoms with Crippen LogP contribution in [0.3, 0.4) is 0 Å². The van der Waals surface area contributed by atoms with Crippen LogP contribution in [0.2, 0.25) is 0 Å². The van der Waals surface area contributed by atoms with Gasteiger partial charge in [-0.3, -0.25) is 4.79 Å². The van der Waals surface area contributed by atoms with Gasteiger partial charge in [0.1, 0.15) is 12.6 Å². The molecule has 0 saturated heterocycles. The number of esters is 1. The second-order valence-electron chi connectivity index (χ2n) is 3.53. The van der Waals surface area contributed by atoms with Gasteiger partial charge in [0.15, 0.2) is 0 Å². The lowest BCUT2D eigenvalue weighted by atomic mass is 10.2. The fraction of sp³-hybridized carbons (Fsp3) is 0.300. The van der Waals surface area contributed by atoms with E-state index < -0.39 is 27.8 Å². The zero-order chi connectivity index (χ0) is 12.9. The minimum atomic E-state index is -3.78. The van der Waals surface area contributed by atoms with Crippen LogP contribution in [0, 0.1) is 0 Å². The monoisotopic (exact) mass is 258 g/mol. The van der Waals surface area contributed by atoms with Crippen LogP contribution in [0.4, 0.5) is 0 Å². The van der Waals surface area contributed by atoms with Gasteiger partial charge >= 0.3 is 5.97 Å². The maximum Gasteiger partial charge on any atom is 0.324 e. The zero-order valence-electron chi connectivity index (χ0n) is 9.07. The summed E-state index contributed by atoms with van der Waals surface area (Å²) in [6, 6.07) is 7.73. The minimum absolute atomic E-state index is 0.0536. The predicted molar refractivity (Wildman–Crippen MR) is 62.2 cm³/mol. The Morgan fingerprint density at radius 3 is 2.41 bits per heavy atom. The van der Waals surface area contributed by atoms with Gasteiger partial charge in [-0.1, -0.05) is 30.3 Å². The van der Waals surface area contributed by atoms with E-state index in [1.54, 1.807) is 24.3 Å². The standard InChI is InChI=1S/C10H14N2O4S/c11-9(7-17(12,14)15)10(13)16-6-8-4-2-1-3-5-8/h1-5,9H,6-7,11H2,(H2,12,14,15). The summed E-state index contributed by atoms with van der Waals surface area (Å²) in [4.78, 5) is 11.3. The number of rotatable bonds is 5. The molecular formula is C10H14N2O4S. The topological polar surface area (TPSA) is 112 Å². The maximum atomic E-state index is 11.3. The Bertz CT molecular complexity index is 472. The van der Waals surface area contributed by atoms with Crippen molar-refractivity contribution < 1.29 is 17.9 Å². The molecule has 0 amide bonds. The van der Waals surface area contributed by atoms with Gasteiger partial charge < -0.3 is 10.5 Å². The SMILES string of the molecule is NC(CS(N)(=O)=O)C(=O)OCc1ccccc1. The van der Waals surface area contributed by atoms with E-state index in [4.69, 9.17) is 15.6 Å². The van der Waals surface area contributed by atoms with Crippen molar-refractivity contribution in [2.24, 2.45) is 10.9 Å². The summed E-state index contributed by atoms with van der Waals surface area (Å²) in [5.74, 6) is -1.41. The van der Waals surface area contributed by atoms with Crippen molar-refractivity contribution in [1.29, 1.82) is 0 Å². The number of sulfonamides is 1. The molecule has 1 aromatic carbocycles. The summed E-state index contributed by atoms with van der Waals surface area (Å²) in [7, 11) is -3.78. The summed E-state index contributed by atoms with van der Waals surface area (Å²) in [6.07, 6.45) is 0. The third kappa shape index (κ3) is 5.43. The Hall–Kier alpha value is -1.44. The highest BCUT2D eigenvalue weighted by Gasteiger charge is 2.20. The lowest BCUT2D eigenvalue weighted by molar-refractivity contribution is -0.145. The molecule has 94 valence electrons. The fourth-order valence-corrected chi connectivity index (χ4v) is 1.79. The molecule has 0 radical (unpaired) electrons. The molecule has 0 heterocycles. The van der Waals surface area contributed by atoms with Crippen LogP contribution < -0.4 is 10.9 Å². The average Bonchev–Trinajstić information content (AvgIpc) is 2.25. The van der Waals surface area contributed by atoms with Crippen molar-refractivity contribution >= 4 is 16.0 Å². The van der Waals surface area contributed by atoms with Crippen molar-refractivity contribution in [3.63, 3.8) is 0 Å². The number of carbonyl (C=O) groups excluding carboxylic acids is 1. The summed E-state index contributed by atoms with van der Waals surface area (Å²) in [6.45, 7) is 0.0536. The largest absolute Gasteiger partial charge is 0.460 e. The molecule has 1 atom stereocenters. The van der Waals surface area contributed by atoms with Crippen molar-refractivity contribution in [2.45, 2.75) is 12.6 Å². The van der Waals surface area contributed by atoms with Crippen LogP contribution in [0.25, 0.3) is 0 Å². The van der Waals surface area contributed by atoms with Gasteiger partial charge in [-0.15, -0.1) is 0 Å². The molecular weight excluding hydrogens is 244 g/mol. The van der Waals surface area contributed by atoms with Crippen LogP contribution in [0.15, 0.2) is 30.3 Å². The van der Waals surface area contributed by atoms with Gasteiger partial charge in [0.25, 0.3) is 0 Å². The van der Waals surface area contributed by atoms with E-state index in [-0.39, 0.29) is 6.61 Å². The van der Waals surface area contributed by atoms with Gasteiger partial charge in [0.2, 0.25) is 10.0 Å².